The molecule has 0 spiro atoms. The zero-order valence-corrected chi connectivity index (χ0v) is 20.3. The van der Waals surface area contributed by atoms with Crippen LogP contribution in [0.2, 0.25) is 0 Å². The lowest BCUT2D eigenvalue weighted by atomic mass is 9.96. The Morgan fingerprint density at radius 1 is 0.743 bits per heavy atom. The van der Waals surface area contributed by atoms with Gasteiger partial charge in [0.15, 0.2) is 0 Å². The van der Waals surface area contributed by atoms with Crippen LogP contribution in [0.1, 0.15) is 32.1 Å². The number of carbonyl (C=O) groups is 1. The van der Waals surface area contributed by atoms with E-state index in [1.807, 2.05) is 42.5 Å². The molecule has 4 aromatic rings. The van der Waals surface area contributed by atoms with Crippen molar-refractivity contribution in [3.63, 3.8) is 0 Å². The van der Waals surface area contributed by atoms with Crippen LogP contribution in [-0.4, -0.2) is 29.9 Å². The van der Waals surface area contributed by atoms with Crippen molar-refractivity contribution in [2.45, 2.75) is 38.6 Å². The normalized spacial score (nSPS) is 10.7. The van der Waals surface area contributed by atoms with E-state index >= 15 is 0 Å². The van der Waals surface area contributed by atoms with E-state index in [9.17, 15) is 9.00 Å². The summed E-state index contributed by atoms with van der Waals surface area (Å²) in [5.41, 5.74) is 6.51. The van der Waals surface area contributed by atoms with Gasteiger partial charge in [0.25, 0.3) is 0 Å². The molecule has 4 rings (SSSR count). The second kappa shape index (κ2) is 12.1. The van der Waals surface area contributed by atoms with Crippen molar-refractivity contribution in [1.29, 1.82) is 0 Å². The predicted molar refractivity (Wildman–Crippen MR) is 142 cm³/mol. The first-order valence-electron chi connectivity index (χ1n) is 11.8. The van der Waals surface area contributed by atoms with Crippen molar-refractivity contribution in [3.8, 4) is 33.6 Å². The standard InChI is InChI=1S/C29H28N2O3S/c32-29(33)25(35-34)20-12-1-2-13-21-31-28(24-18-10-5-11-19-24)26(22-14-6-3-7-15-22)27(30-31)23-16-8-4-9-17-23/h3-11,14-19H,1-2,12-13,20-21H2,(H,32,33). The molecular weight excluding hydrogens is 456 g/mol. The summed E-state index contributed by atoms with van der Waals surface area (Å²) in [6, 6.07) is 31.0. The molecule has 1 N–H and O–H groups in total. The van der Waals surface area contributed by atoms with Crippen molar-refractivity contribution >= 4 is 22.1 Å². The van der Waals surface area contributed by atoms with E-state index in [0.29, 0.717) is 12.8 Å². The lowest BCUT2D eigenvalue weighted by Gasteiger charge is -2.11. The third kappa shape index (κ3) is 6.03. The first kappa shape index (κ1) is 24.4. The zero-order valence-electron chi connectivity index (χ0n) is 19.5. The molecule has 0 atom stereocenters. The largest absolute Gasteiger partial charge is 0.477 e. The summed E-state index contributed by atoms with van der Waals surface area (Å²) in [5, 5.41) is 14.1. The Hall–Kier alpha value is -3.77. The highest BCUT2D eigenvalue weighted by Crippen LogP contribution is 2.40. The third-order valence-corrected chi connectivity index (χ3v) is 6.55. The highest BCUT2D eigenvalue weighted by Gasteiger charge is 2.21. The van der Waals surface area contributed by atoms with E-state index in [-0.39, 0.29) is 16.1 Å². The number of nitrogens with zero attached hydrogens (tertiary/aromatic N) is 2. The number of unbranched alkanes of at least 4 members (excludes halogenated alkanes) is 3. The van der Waals surface area contributed by atoms with Crippen LogP contribution in [0.5, 0.6) is 0 Å². The van der Waals surface area contributed by atoms with Gasteiger partial charge in [0.1, 0.15) is 10.6 Å². The molecule has 3 aromatic carbocycles. The monoisotopic (exact) mass is 484 g/mol. The van der Waals surface area contributed by atoms with E-state index in [0.717, 1.165) is 59.4 Å². The van der Waals surface area contributed by atoms with Crippen molar-refractivity contribution in [2.75, 3.05) is 0 Å². The summed E-state index contributed by atoms with van der Waals surface area (Å²) in [5.74, 6) is -1.10. The number of rotatable bonds is 11. The van der Waals surface area contributed by atoms with Gasteiger partial charge in [0.05, 0.1) is 16.9 Å². The number of aromatic nitrogens is 2. The van der Waals surface area contributed by atoms with Crippen molar-refractivity contribution < 1.29 is 14.1 Å². The van der Waals surface area contributed by atoms with Gasteiger partial charge in [-0.15, -0.1) is 0 Å². The van der Waals surface area contributed by atoms with E-state index in [1.165, 1.54) is 0 Å². The molecular formula is C29H28N2O3S. The molecule has 35 heavy (non-hydrogen) atoms. The summed E-state index contributed by atoms with van der Waals surface area (Å²) in [7, 11) is 0. The minimum Gasteiger partial charge on any atom is -0.477 e. The first-order chi connectivity index (χ1) is 17.2. The highest BCUT2D eigenvalue weighted by atomic mass is 32.1. The van der Waals surface area contributed by atoms with Crippen molar-refractivity contribution in [3.05, 3.63) is 91.0 Å². The highest BCUT2D eigenvalue weighted by molar-refractivity contribution is 7.68. The smallest absolute Gasteiger partial charge is 0.344 e. The van der Waals surface area contributed by atoms with Crippen LogP contribution in [0.25, 0.3) is 33.6 Å². The van der Waals surface area contributed by atoms with Crippen LogP contribution >= 0.6 is 0 Å². The number of aryl methyl sites for hydroxylation is 1. The molecule has 5 nitrogen and oxygen atoms in total. The molecule has 0 bridgehead atoms. The fourth-order valence-corrected chi connectivity index (χ4v) is 4.57. The molecule has 0 radical (unpaired) electrons. The second-order valence-electron chi connectivity index (χ2n) is 8.37. The summed E-state index contributed by atoms with van der Waals surface area (Å²) in [4.78, 5) is 11.0. The lowest BCUT2D eigenvalue weighted by molar-refractivity contribution is -0.129. The Labute approximate surface area is 209 Å². The van der Waals surface area contributed by atoms with Crippen LogP contribution in [-0.2, 0) is 22.6 Å². The summed E-state index contributed by atoms with van der Waals surface area (Å²) < 4.78 is 13.0. The Balaban J connectivity index is 1.64. The molecule has 0 amide bonds. The van der Waals surface area contributed by atoms with Crippen LogP contribution in [0.3, 0.4) is 0 Å². The van der Waals surface area contributed by atoms with E-state index in [2.05, 4.69) is 53.2 Å². The Morgan fingerprint density at radius 3 is 1.86 bits per heavy atom. The molecule has 1 aromatic heterocycles. The fraction of sp³-hybridized carbons (Fsp3) is 0.207. The average Bonchev–Trinajstić information content (AvgIpc) is 3.29. The number of benzene rings is 3. The average molecular weight is 485 g/mol. The molecule has 0 unspecified atom stereocenters. The molecule has 0 fully saturated rings. The van der Waals surface area contributed by atoms with Gasteiger partial charge in [-0.2, -0.15) is 5.10 Å². The van der Waals surface area contributed by atoms with Crippen LogP contribution in [0.4, 0.5) is 0 Å². The summed E-state index contributed by atoms with van der Waals surface area (Å²) in [6.07, 6.45) is 3.75. The number of carboxylic acid groups (broad SMARTS) is 1. The maximum atomic E-state index is 11.0. The van der Waals surface area contributed by atoms with Crippen molar-refractivity contribution in [1.82, 2.24) is 9.78 Å². The third-order valence-electron chi connectivity index (χ3n) is 5.97. The second-order valence-corrected chi connectivity index (χ2v) is 9.03. The van der Waals surface area contributed by atoms with Crippen molar-refractivity contribution in [2.24, 2.45) is 0 Å². The predicted octanol–water partition coefficient (Wildman–Crippen LogP) is 6.30. The number of carboxylic acids is 1. The van der Waals surface area contributed by atoms with Crippen LogP contribution in [0.15, 0.2) is 91.0 Å². The van der Waals surface area contributed by atoms with Gasteiger partial charge in [-0.25, -0.2) is 9.00 Å². The Morgan fingerprint density at radius 2 is 1.29 bits per heavy atom. The first-order valence-corrected chi connectivity index (χ1v) is 12.6. The maximum Gasteiger partial charge on any atom is 0.344 e. The molecule has 0 saturated heterocycles. The van der Waals surface area contributed by atoms with E-state index in [4.69, 9.17) is 10.2 Å². The zero-order chi connectivity index (χ0) is 24.5. The summed E-state index contributed by atoms with van der Waals surface area (Å²) in [6.45, 7) is 0.753. The van der Waals surface area contributed by atoms with Gasteiger partial charge in [0.2, 0.25) is 0 Å². The minimum absolute atomic E-state index is 0.0107. The minimum atomic E-state index is -1.10. The summed E-state index contributed by atoms with van der Waals surface area (Å²) >= 11 is 0.0914. The number of aliphatic carboxylic acids is 1. The molecule has 6 heteroatoms. The van der Waals surface area contributed by atoms with Crippen LogP contribution < -0.4 is 0 Å². The Bertz CT molecular complexity index is 1310. The van der Waals surface area contributed by atoms with Gasteiger partial charge < -0.3 is 5.11 Å². The molecule has 0 aliphatic heterocycles. The van der Waals surface area contributed by atoms with Gasteiger partial charge in [-0.1, -0.05) is 104 Å². The molecule has 1 heterocycles. The van der Waals surface area contributed by atoms with Gasteiger partial charge in [-0.3, -0.25) is 4.68 Å². The molecule has 0 aliphatic rings. The molecule has 0 saturated carbocycles. The van der Waals surface area contributed by atoms with Crippen LogP contribution in [0, 0.1) is 0 Å². The Kier molecular flexibility index (Phi) is 8.41. The topological polar surface area (TPSA) is 72.2 Å². The SMILES string of the molecule is O=S=C(CCCCCCn1nc(-c2ccccc2)c(-c2ccccc2)c1-c1ccccc1)C(=O)O. The molecule has 178 valence electrons. The number of hydrogen-bond acceptors (Lipinski definition) is 3. The van der Waals surface area contributed by atoms with Gasteiger partial charge in [-0.05, 0) is 24.8 Å². The quantitative estimate of drug-likeness (QED) is 0.200. The van der Waals surface area contributed by atoms with Gasteiger partial charge in [0, 0.05) is 23.2 Å². The maximum absolute atomic E-state index is 11.0. The number of hydrogen-bond donors (Lipinski definition) is 1. The lowest BCUT2D eigenvalue weighted by Crippen LogP contribution is -2.12. The van der Waals surface area contributed by atoms with E-state index in [1.54, 1.807) is 0 Å². The molecule has 0 aliphatic carbocycles. The van der Waals surface area contributed by atoms with E-state index < -0.39 is 5.97 Å². The fourth-order valence-electron chi connectivity index (χ4n) is 4.27. The van der Waals surface area contributed by atoms with Gasteiger partial charge >= 0.3 is 5.97 Å².